The molecule has 0 aromatic rings. The van der Waals surface area contributed by atoms with E-state index in [9.17, 15) is 0 Å². The molecule has 4 nitrogen and oxygen atoms in total. The number of methoxy groups -OCH3 is 1. The molecular formula is C16H32N2O2. The van der Waals surface area contributed by atoms with E-state index >= 15 is 0 Å². The molecule has 4 heteroatoms. The fourth-order valence-corrected chi connectivity index (χ4v) is 3.36. The molecule has 0 aromatic carbocycles. The summed E-state index contributed by atoms with van der Waals surface area (Å²) in [6.45, 7) is 10.5. The standard InChI is InChI=1S/C16H32N2O2/c1-4-15-12-17-16(2,14-6-7-14)13-18(15)8-5-9-20-11-10-19-3/h14-15,17H,4-13H2,1-3H3. The number of hydrogen-bond acceptors (Lipinski definition) is 4. The highest BCUT2D eigenvalue weighted by Gasteiger charge is 2.45. The molecule has 0 spiro atoms. The third kappa shape index (κ3) is 4.42. The average molecular weight is 284 g/mol. The molecule has 1 aliphatic heterocycles. The zero-order valence-electron chi connectivity index (χ0n) is 13.5. The van der Waals surface area contributed by atoms with Crippen molar-refractivity contribution in [2.45, 2.75) is 51.1 Å². The van der Waals surface area contributed by atoms with Gasteiger partial charge in [-0.05, 0) is 38.5 Å². The lowest BCUT2D eigenvalue weighted by Crippen LogP contribution is -2.63. The minimum Gasteiger partial charge on any atom is -0.382 e. The summed E-state index contributed by atoms with van der Waals surface area (Å²) in [6, 6.07) is 0.695. The number of nitrogens with zero attached hydrogens (tertiary/aromatic N) is 1. The van der Waals surface area contributed by atoms with Crippen molar-refractivity contribution < 1.29 is 9.47 Å². The van der Waals surface area contributed by atoms with Crippen molar-refractivity contribution in [1.29, 1.82) is 0 Å². The molecule has 2 atom stereocenters. The van der Waals surface area contributed by atoms with E-state index in [-0.39, 0.29) is 0 Å². The van der Waals surface area contributed by atoms with Crippen LogP contribution in [0.15, 0.2) is 0 Å². The SMILES string of the molecule is CCC1CNC(C)(C2CC2)CN1CCCOCCOC. The first-order valence-corrected chi connectivity index (χ1v) is 8.25. The van der Waals surface area contributed by atoms with Gasteiger partial charge in [0.05, 0.1) is 13.2 Å². The van der Waals surface area contributed by atoms with E-state index < -0.39 is 0 Å². The first-order valence-electron chi connectivity index (χ1n) is 8.25. The topological polar surface area (TPSA) is 33.7 Å². The molecule has 1 N–H and O–H groups in total. The largest absolute Gasteiger partial charge is 0.382 e. The summed E-state index contributed by atoms with van der Waals surface area (Å²) in [7, 11) is 1.72. The number of rotatable bonds is 9. The normalized spacial score (nSPS) is 31.6. The van der Waals surface area contributed by atoms with Crippen LogP contribution in [0.4, 0.5) is 0 Å². The Morgan fingerprint density at radius 1 is 1.25 bits per heavy atom. The first kappa shape index (κ1) is 16.2. The van der Waals surface area contributed by atoms with Crippen molar-refractivity contribution in [3.63, 3.8) is 0 Å². The number of piperazine rings is 1. The average Bonchev–Trinajstić information content (AvgIpc) is 3.28. The van der Waals surface area contributed by atoms with Gasteiger partial charge in [-0.15, -0.1) is 0 Å². The Kier molecular flexibility index (Phi) is 6.27. The Hall–Kier alpha value is -0.160. The molecular weight excluding hydrogens is 252 g/mol. The van der Waals surface area contributed by atoms with Crippen LogP contribution in [0.2, 0.25) is 0 Å². The third-order valence-corrected chi connectivity index (χ3v) is 4.90. The van der Waals surface area contributed by atoms with Crippen LogP contribution in [-0.4, -0.2) is 63.0 Å². The van der Waals surface area contributed by atoms with E-state index in [2.05, 4.69) is 24.1 Å². The third-order valence-electron chi connectivity index (χ3n) is 4.90. The second kappa shape index (κ2) is 7.74. The smallest absolute Gasteiger partial charge is 0.0700 e. The molecule has 0 aromatic heterocycles. The van der Waals surface area contributed by atoms with Gasteiger partial charge in [0, 0.05) is 44.9 Å². The van der Waals surface area contributed by atoms with Gasteiger partial charge in [0.25, 0.3) is 0 Å². The van der Waals surface area contributed by atoms with E-state index in [0.717, 1.165) is 38.6 Å². The lowest BCUT2D eigenvalue weighted by atomic mass is 9.90. The minimum atomic E-state index is 0.350. The Bertz CT molecular complexity index is 284. The molecule has 0 amide bonds. The Morgan fingerprint density at radius 3 is 2.70 bits per heavy atom. The van der Waals surface area contributed by atoms with E-state index in [1.807, 2.05) is 0 Å². The Morgan fingerprint density at radius 2 is 2.05 bits per heavy atom. The molecule has 20 heavy (non-hydrogen) atoms. The zero-order chi connectivity index (χ0) is 14.4. The van der Waals surface area contributed by atoms with Gasteiger partial charge < -0.3 is 14.8 Å². The predicted molar refractivity (Wildman–Crippen MR) is 82.1 cm³/mol. The summed E-state index contributed by atoms with van der Waals surface area (Å²) < 4.78 is 10.6. The van der Waals surface area contributed by atoms with E-state index in [1.165, 1.54) is 25.8 Å². The highest BCUT2D eigenvalue weighted by Crippen LogP contribution is 2.41. The Balaban J connectivity index is 1.71. The maximum absolute atomic E-state index is 5.58. The lowest BCUT2D eigenvalue weighted by Gasteiger charge is -2.46. The molecule has 2 fully saturated rings. The van der Waals surface area contributed by atoms with Crippen molar-refractivity contribution in [3.8, 4) is 0 Å². The number of ether oxygens (including phenoxy) is 2. The van der Waals surface area contributed by atoms with Crippen molar-refractivity contribution >= 4 is 0 Å². The van der Waals surface area contributed by atoms with E-state index in [4.69, 9.17) is 9.47 Å². The Labute approximate surface area is 124 Å². The van der Waals surface area contributed by atoms with Gasteiger partial charge in [-0.1, -0.05) is 6.92 Å². The summed E-state index contributed by atoms with van der Waals surface area (Å²) >= 11 is 0. The highest BCUT2D eigenvalue weighted by molar-refractivity contribution is 5.03. The molecule has 1 saturated heterocycles. The van der Waals surface area contributed by atoms with Crippen molar-refractivity contribution in [1.82, 2.24) is 10.2 Å². The maximum atomic E-state index is 5.58. The van der Waals surface area contributed by atoms with Crippen LogP contribution in [0.5, 0.6) is 0 Å². The van der Waals surface area contributed by atoms with Crippen LogP contribution >= 0.6 is 0 Å². The van der Waals surface area contributed by atoms with Gasteiger partial charge in [0.1, 0.15) is 0 Å². The summed E-state index contributed by atoms with van der Waals surface area (Å²) in [5, 5.41) is 3.82. The van der Waals surface area contributed by atoms with Crippen LogP contribution in [-0.2, 0) is 9.47 Å². The van der Waals surface area contributed by atoms with Gasteiger partial charge >= 0.3 is 0 Å². The van der Waals surface area contributed by atoms with Crippen LogP contribution in [0.1, 0.15) is 39.5 Å². The van der Waals surface area contributed by atoms with E-state index in [1.54, 1.807) is 7.11 Å². The fraction of sp³-hybridized carbons (Fsp3) is 1.00. The molecule has 1 heterocycles. The zero-order valence-corrected chi connectivity index (χ0v) is 13.5. The lowest BCUT2D eigenvalue weighted by molar-refractivity contribution is 0.0445. The van der Waals surface area contributed by atoms with Crippen LogP contribution < -0.4 is 5.32 Å². The summed E-state index contributed by atoms with van der Waals surface area (Å²) in [5.41, 5.74) is 0.350. The summed E-state index contributed by atoms with van der Waals surface area (Å²) in [5.74, 6) is 0.903. The van der Waals surface area contributed by atoms with Crippen LogP contribution in [0.25, 0.3) is 0 Å². The quantitative estimate of drug-likeness (QED) is 0.656. The van der Waals surface area contributed by atoms with Gasteiger partial charge in [-0.2, -0.15) is 0 Å². The van der Waals surface area contributed by atoms with E-state index in [0.29, 0.717) is 18.2 Å². The molecule has 2 rings (SSSR count). The molecule has 0 radical (unpaired) electrons. The summed E-state index contributed by atoms with van der Waals surface area (Å²) in [6.07, 6.45) is 5.18. The van der Waals surface area contributed by atoms with Crippen molar-refractivity contribution in [3.05, 3.63) is 0 Å². The maximum Gasteiger partial charge on any atom is 0.0700 e. The number of hydrogen-bond donors (Lipinski definition) is 1. The monoisotopic (exact) mass is 284 g/mol. The second-order valence-corrected chi connectivity index (χ2v) is 6.56. The second-order valence-electron chi connectivity index (χ2n) is 6.56. The summed E-state index contributed by atoms with van der Waals surface area (Å²) in [4.78, 5) is 2.69. The minimum absolute atomic E-state index is 0.350. The molecule has 118 valence electrons. The first-order chi connectivity index (χ1) is 9.69. The molecule has 2 unspecified atom stereocenters. The van der Waals surface area contributed by atoms with Gasteiger partial charge in [0.2, 0.25) is 0 Å². The van der Waals surface area contributed by atoms with Gasteiger partial charge in [0.15, 0.2) is 0 Å². The number of nitrogens with one attached hydrogen (secondary N) is 1. The highest BCUT2D eigenvalue weighted by atomic mass is 16.5. The van der Waals surface area contributed by atoms with Gasteiger partial charge in [-0.3, -0.25) is 4.90 Å². The molecule has 2 aliphatic rings. The van der Waals surface area contributed by atoms with Crippen molar-refractivity contribution in [2.24, 2.45) is 5.92 Å². The van der Waals surface area contributed by atoms with Crippen LogP contribution in [0.3, 0.4) is 0 Å². The van der Waals surface area contributed by atoms with Crippen molar-refractivity contribution in [2.75, 3.05) is 46.6 Å². The molecule has 1 saturated carbocycles. The fourth-order valence-electron chi connectivity index (χ4n) is 3.36. The molecule has 1 aliphatic carbocycles. The van der Waals surface area contributed by atoms with Crippen LogP contribution in [0, 0.1) is 5.92 Å². The predicted octanol–water partition coefficient (Wildman–Crippen LogP) is 1.89. The van der Waals surface area contributed by atoms with Gasteiger partial charge in [-0.25, -0.2) is 0 Å². The molecule has 0 bridgehead atoms.